The molecule has 5 heteroatoms. The molecule has 0 amide bonds. The van der Waals surface area contributed by atoms with Gasteiger partial charge in [-0.25, -0.2) is 4.79 Å². The van der Waals surface area contributed by atoms with Crippen molar-refractivity contribution in [3.05, 3.63) is 144 Å². The van der Waals surface area contributed by atoms with Crippen LogP contribution in [0.5, 0.6) is 0 Å². The van der Waals surface area contributed by atoms with E-state index in [1.807, 2.05) is 109 Å². The molecule has 5 nitrogen and oxygen atoms in total. The molecule has 1 spiro atoms. The topological polar surface area (TPSA) is 79.3 Å². The molecule has 0 aromatic heterocycles. The fourth-order valence-corrected chi connectivity index (χ4v) is 7.49. The van der Waals surface area contributed by atoms with E-state index in [0.717, 1.165) is 16.7 Å². The van der Waals surface area contributed by atoms with Gasteiger partial charge in [-0.05, 0) is 28.7 Å². The van der Waals surface area contributed by atoms with Crippen molar-refractivity contribution in [1.29, 1.82) is 0 Å². The summed E-state index contributed by atoms with van der Waals surface area (Å²) in [6.45, 7) is 0. The molecule has 3 fully saturated rings. The number of ether oxygens (including phenoxy) is 2. The van der Waals surface area contributed by atoms with E-state index in [2.05, 4.69) is 0 Å². The van der Waals surface area contributed by atoms with Gasteiger partial charge in [-0.15, -0.1) is 0 Å². The maximum absolute atomic E-state index is 14.2. The fraction of sp³-hybridized carbons (Fsp3) is 0.265. The lowest BCUT2D eigenvalue weighted by Crippen LogP contribution is -2.70. The Morgan fingerprint density at radius 1 is 0.718 bits per heavy atom. The zero-order valence-corrected chi connectivity index (χ0v) is 21.4. The van der Waals surface area contributed by atoms with Gasteiger partial charge in [0.25, 0.3) is 0 Å². The zero-order valence-electron chi connectivity index (χ0n) is 21.4. The van der Waals surface area contributed by atoms with Crippen molar-refractivity contribution < 1.29 is 24.5 Å². The number of hydrogen-bond donors (Lipinski definition) is 2. The lowest BCUT2D eigenvalue weighted by molar-refractivity contribution is -0.237. The molecule has 1 aliphatic carbocycles. The van der Waals surface area contributed by atoms with E-state index in [1.54, 1.807) is 12.1 Å². The summed E-state index contributed by atoms with van der Waals surface area (Å²) >= 11 is 0. The van der Waals surface area contributed by atoms with Gasteiger partial charge in [-0.2, -0.15) is 0 Å². The second-order valence-electron chi connectivity index (χ2n) is 11.1. The third-order valence-electron chi connectivity index (χ3n) is 9.12. The predicted molar refractivity (Wildman–Crippen MR) is 146 cm³/mol. The first-order chi connectivity index (χ1) is 19.0. The van der Waals surface area contributed by atoms with Crippen LogP contribution in [0.25, 0.3) is 0 Å². The molecular weight excluding hydrogens is 488 g/mol. The van der Waals surface area contributed by atoms with Crippen molar-refractivity contribution >= 4 is 5.97 Å². The minimum Gasteiger partial charge on any atom is -0.452 e. The van der Waals surface area contributed by atoms with Crippen molar-refractivity contribution in [3.63, 3.8) is 0 Å². The number of benzene rings is 4. The van der Waals surface area contributed by atoms with Crippen LogP contribution < -0.4 is 0 Å². The predicted octanol–water partition coefficient (Wildman–Crippen LogP) is 4.71. The highest BCUT2D eigenvalue weighted by Gasteiger charge is 2.98. The second kappa shape index (κ2) is 8.62. The summed E-state index contributed by atoms with van der Waals surface area (Å²) in [7, 11) is 0. The van der Waals surface area contributed by atoms with Crippen LogP contribution in [0.15, 0.2) is 121 Å². The highest BCUT2D eigenvalue weighted by atomic mass is 16.7. The van der Waals surface area contributed by atoms with Crippen LogP contribution in [0.1, 0.15) is 34.6 Å². The summed E-state index contributed by atoms with van der Waals surface area (Å²) in [6, 6.07) is 38.5. The molecule has 1 unspecified atom stereocenters. The van der Waals surface area contributed by atoms with E-state index in [1.165, 1.54) is 0 Å². The molecule has 7 rings (SSSR count). The van der Waals surface area contributed by atoms with Gasteiger partial charge in [0.05, 0.1) is 6.10 Å². The largest absolute Gasteiger partial charge is 0.452 e. The third kappa shape index (κ3) is 3.15. The Labute approximate surface area is 227 Å². The maximum Gasteiger partial charge on any atom is 0.342 e. The minimum atomic E-state index is -1.89. The van der Waals surface area contributed by atoms with Gasteiger partial charge >= 0.3 is 5.97 Å². The highest BCUT2D eigenvalue weighted by Crippen LogP contribution is 2.76. The molecular formula is C34H30O5. The first-order valence-electron chi connectivity index (χ1n) is 13.5. The second-order valence-corrected chi connectivity index (χ2v) is 11.1. The van der Waals surface area contributed by atoms with E-state index in [-0.39, 0.29) is 12.8 Å². The average molecular weight is 519 g/mol. The van der Waals surface area contributed by atoms with Gasteiger partial charge < -0.3 is 19.7 Å². The summed E-state index contributed by atoms with van der Waals surface area (Å²) in [5, 5.41) is 24.7. The lowest BCUT2D eigenvalue weighted by Gasteiger charge is -2.54. The number of rotatable bonds is 6. The molecule has 0 radical (unpaired) electrons. The lowest BCUT2D eigenvalue weighted by atomic mass is 9.52. The maximum atomic E-state index is 14.2. The molecule has 2 aliphatic heterocycles. The molecule has 2 heterocycles. The van der Waals surface area contributed by atoms with Gasteiger partial charge in [-0.1, -0.05) is 121 Å². The Hall–Kier alpha value is -3.77. The standard InChI is InChI=1S/C34H30O5/c35-29-21-28(26-17-9-3-10-18-26)31(22-24-13-5-1-6-14-24)34(33(29,37)27-19-11-4-12-20-27)32(39-34,30(36)38-31)23-25-15-7-2-8-16-25/h1-20,28-29,35,37H,21-23H2/t28-,29+,31-,32-,33-,34?/m1/s1. The van der Waals surface area contributed by atoms with Crippen LogP contribution in [0.4, 0.5) is 0 Å². The first kappa shape index (κ1) is 24.3. The molecule has 6 atom stereocenters. The summed E-state index contributed by atoms with van der Waals surface area (Å²) in [5.41, 5.74) is -2.86. The Morgan fingerprint density at radius 3 is 1.82 bits per heavy atom. The van der Waals surface area contributed by atoms with Crippen LogP contribution in [0.3, 0.4) is 0 Å². The van der Waals surface area contributed by atoms with Crippen molar-refractivity contribution in [3.8, 4) is 0 Å². The fourth-order valence-electron chi connectivity index (χ4n) is 7.49. The average Bonchev–Trinajstić information content (AvgIpc) is 3.62. The monoisotopic (exact) mass is 518 g/mol. The number of hydrogen-bond acceptors (Lipinski definition) is 5. The molecule has 3 aliphatic rings. The highest BCUT2D eigenvalue weighted by molar-refractivity contribution is 5.92. The van der Waals surface area contributed by atoms with Crippen LogP contribution in [0.2, 0.25) is 0 Å². The molecule has 1 saturated carbocycles. The zero-order chi connectivity index (χ0) is 26.7. The minimum absolute atomic E-state index is 0.196. The summed E-state index contributed by atoms with van der Waals surface area (Å²) in [6.07, 6.45) is -0.451. The number of epoxide rings is 1. The Morgan fingerprint density at radius 2 is 1.23 bits per heavy atom. The van der Waals surface area contributed by atoms with Gasteiger partial charge in [0.15, 0.2) is 16.8 Å². The van der Waals surface area contributed by atoms with Gasteiger partial charge in [0, 0.05) is 18.8 Å². The van der Waals surface area contributed by atoms with Gasteiger partial charge in [0.2, 0.25) is 5.60 Å². The van der Waals surface area contributed by atoms with Crippen LogP contribution >= 0.6 is 0 Å². The van der Waals surface area contributed by atoms with Crippen LogP contribution in [0, 0.1) is 0 Å². The number of aliphatic hydroxyl groups is 2. The Balaban J connectivity index is 1.50. The van der Waals surface area contributed by atoms with Crippen LogP contribution in [-0.4, -0.2) is 39.1 Å². The van der Waals surface area contributed by atoms with Gasteiger partial charge in [0.1, 0.15) is 0 Å². The first-order valence-corrected chi connectivity index (χ1v) is 13.5. The molecule has 2 saturated heterocycles. The van der Waals surface area contributed by atoms with Crippen molar-refractivity contribution in [1.82, 2.24) is 0 Å². The summed E-state index contributed by atoms with van der Waals surface area (Å²) in [5.74, 6) is -0.909. The number of carbonyl (C=O) groups is 1. The van der Waals surface area contributed by atoms with E-state index < -0.39 is 40.4 Å². The number of carbonyl (C=O) groups excluding carboxylic acids is 1. The molecule has 4 aromatic rings. The van der Waals surface area contributed by atoms with Gasteiger partial charge in [-0.3, -0.25) is 0 Å². The molecule has 0 bridgehead atoms. The summed E-state index contributed by atoms with van der Waals surface area (Å²) < 4.78 is 13.3. The van der Waals surface area contributed by atoms with Crippen molar-refractivity contribution in [2.45, 2.75) is 53.7 Å². The van der Waals surface area contributed by atoms with Crippen molar-refractivity contribution in [2.24, 2.45) is 0 Å². The molecule has 2 N–H and O–H groups in total. The summed E-state index contributed by atoms with van der Waals surface area (Å²) in [4.78, 5) is 14.2. The van der Waals surface area contributed by atoms with Crippen molar-refractivity contribution in [2.75, 3.05) is 0 Å². The Kier molecular flexibility index (Phi) is 5.37. The van der Waals surface area contributed by atoms with E-state index in [9.17, 15) is 15.0 Å². The van der Waals surface area contributed by atoms with E-state index >= 15 is 0 Å². The number of esters is 1. The normalized spacial score (nSPS) is 34.6. The van der Waals surface area contributed by atoms with E-state index in [0.29, 0.717) is 12.0 Å². The third-order valence-corrected chi connectivity index (χ3v) is 9.12. The molecule has 196 valence electrons. The Bertz CT molecular complexity index is 1490. The quantitative estimate of drug-likeness (QED) is 0.286. The molecule has 39 heavy (non-hydrogen) atoms. The SMILES string of the molecule is O=C1O[C@]2(Cc3ccccc3)[C@@H](c3ccccc3)C[C@H](O)[C@](O)(c3ccccc3)C23O[C@]13Cc1ccccc1. The van der Waals surface area contributed by atoms with Crippen LogP contribution in [-0.2, 0) is 32.7 Å². The number of aliphatic hydroxyl groups excluding tert-OH is 1. The van der Waals surface area contributed by atoms with E-state index in [4.69, 9.17) is 9.47 Å². The smallest absolute Gasteiger partial charge is 0.342 e. The molecule has 4 aromatic carbocycles.